The summed E-state index contributed by atoms with van der Waals surface area (Å²) in [6.07, 6.45) is 5.55. The Hall–Kier alpha value is -2.84. The molecule has 4 heterocycles. The van der Waals surface area contributed by atoms with Crippen LogP contribution >= 0.6 is 0 Å². The Labute approximate surface area is 186 Å². The van der Waals surface area contributed by atoms with E-state index in [1.165, 1.54) is 0 Å². The molecule has 1 atom stereocenters. The van der Waals surface area contributed by atoms with Crippen LogP contribution in [0.1, 0.15) is 57.9 Å². The number of nitro groups is 1. The maximum atomic E-state index is 13.5. The van der Waals surface area contributed by atoms with Gasteiger partial charge >= 0.3 is 11.9 Å². The molecule has 0 unspecified atom stereocenters. The van der Waals surface area contributed by atoms with E-state index < -0.39 is 23.1 Å². The molecule has 4 aliphatic rings. The Balaban J connectivity index is 1.71. The number of ether oxygens (including phenoxy) is 2. The first-order chi connectivity index (χ1) is 15.2. The third-order valence-electron chi connectivity index (χ3n) is 7.35. The number of esters is 2. The lowest BCUT2D eigenvalue weighted by molar-refractivity contribution is -0.384. The number of piperidine rings is 2. The molecule has 0 radical (unpaired) electrons. The van der Waals surface area contributed by atoms with Gasteiger partial charge in [0, 0.05) is 57.2 Å². The number of cyclic esters (lactones) is 2. The van der Waals surface area contributed by atoms with Gasteiger partial charge in [0.25, 0.3) is 11.5 Å². The molecule has 0 bridgehead atoms. The van der Waals surface area contributed by atoms with E-state index in [2.05, 4.69) is 9.80 Å². The molecule has 9 heteroatoms. The summed E-state index contributed by atoms with van der Waals surface area (Å²) in [5.74, 6) is -2.49. The summed E-state index contributed by atoms with van der Waals surface area (Å²) >= 11 is 0. The van der Waals surface area contributed by atoms with E-state index in [9.17, 15) is 19.7 Å². The number of carbonyl (C=O) groups excluding carboxylic acids is 2. The van der Waals surface area contributed by atoms with Gasteiger partial charge in [-0.1, -0.05) is 0 Å². The fraction of sp³-hybridized carbons (Fsp3) is 0.652. The van der Waals surface area contributed by atoms with Crippen LogP contribution in [0.5, 0.6) is 0 Å². The van der Waals surface area contributed by atoms with E-state index >= 15 is 0 Å². The Morgan fingerprint density at radius 2 is 1.66 bits per heavy atom. The molecular weight excluding hydrogens is 414 g/mol. The lowest BCUT2D eigenvalue weighted by Gasteiger charge is -2.53. The third kappa shape index (κ3) is 3.04. The molecule has 0 saturated carbocycles. The van der Waals surface area contributed by atoms with Gasteiger partial charge < -0.3 is 19.3 Å². The fourth-order valence-corrected chi connectivity index (χ4v) is 5.95. The van der Waals surface area contributed by atoms with Gasteiger partial charge in [-0.05, 0) is 44.6 Å². The summed E-state index contributed by atoms with van der Waals surface area (Å²) in [6, 6.07) is 2.98. The van der Waals surface area contributed by atoms with Crippen LogP contribution in [-0.2, 0) is 25.5 Å². The standard InChI is InChI=1S/C23H29N3O6/c1-22(2)31-20(27)23(21(28)32-22)14-15-16(25-13-7-4-8-18(23)25)9-10-17(26(29)30)19(15)24-11-5-3-6-12-24/h9-10,18H,3-8,11-14H2,1-2H3/t18-/m1/s1. The first-order valence-electron chi connectivity index (χ1n) is 11.5. The smallest absolute Gasteiger partial charge is 0.329 e. The van der Waals surface area contributed by atoms with Crippen molar-refractivity contribution >= 4 is 29.0 Å². The van der Waals surface area contributed by atoms with E-state index in [1.54, 1.807) is 26.0 Å². The van der Waals surface area contributed by atoms with Crippen LogP contribution in [0.4, 0.5) is 17.1 Å². The zero-order valence-corrected chi connectivity index (χ0v) is 18.6. The van der Waals surface area contributed by atoms with Crippen LogP contribution in [0.3, 0.4) is 0 Å². The lowest BCUT2D eigenvalue weighted by atomic mass is 9.67. The molecule has 172 valence electrons. The van der Waals surface area contributed by atoms with Crippen molar-refractivity contribution in [2.45, 2.75) is 70.6 Å². The Morgan fingerprint density at radius 3 is 2.31 bits per heavy atom. The monoisotopic (exact) mass is 443 g/mol. The number of rotatable bonds is 2. The highest BCUT2D eigenvalue weighted by atomic mass is 16.7. The van der Waals surface area contributed by atoms with Crippen molar-refractivity contribution in [3.05, 3.63) is 27.8 Å². The predicted octanol–water partition coefficient (Wildman–Crippen LogP) is 3.32. The van der Waals surface area contributed by atoms with Gasteiger partial charge in [-0.15, -0.1) is 0 Å². The summed E-state index contributed by atoms with van der Waals surface area (Å²) in [6.45, 7) is 5.22. The van der Waals surface area contributed by atoms with Gasteiger partial charge in [0.15, 0.2) is 5.41 Å². The first kappa shape index (κ1) is 21.0. The van der Waals surface area contributed by atoms with Gasteiger partial charge in [0.05, 0.1) is 11.0 Å². The minimum atomic E-state index is -1.51. The van der Waals surface area contributed by atoms with Crippen molar-refractivity contribution in [1.82, 2.24) is 0 Å². The predicted molar refractivity (Wildman–Crippen MR) is 117 cm³/mol. The summed E-state index contributed by atoms with van der Waals surface area (Å²) in [7, 11) is 0. The van der Waals surface area contributed by atoms with Gasteiger partial charge in [-0.2, -0.15) is 0 Å². The summed E-state index contributed by atoms with van der Waals surface area (Å²) < 4.78 is 11.2. The quantitative estimate of drug-likeness (QED) is 0.297. The summed E-state index contributed by atoms with van der Waals surface area (Å²) in [5.41, 5.74) is 0.628. The van der Waals surface area contributed by atoms with E-state index in [1.807, 2.05) is 0 Å². The SMILES string of the molecule is CC1(C)OC(=O)C2(Cc3c(ccc([N+](=O)[O-])c3N3CCCCC3)N3CCCC[C@@H]32)C(=O)O1. The molecule has 4 aliphatic heterocycles. The molecule has 0 aliphatic carbocycles. The van der Waals surface area contributed by atoms with E-state index in [0.29, 0.717) is 24.2 Å². The second-order valence-electron chi connectivity index (χ2n) is 9.77. The number of hydrogen-bond acceptors (Lipinski definition) is 8. The molecule has 32 heavy (non-hydrogen) atoms. The van der Waals surface area contributed by atoms with E-state index in [-0.39, 0.29) is 23.1 Å². The first-order valence-corrected chi connectivity index (χ1v) is 11.5. The van der Waals surface area contributed by atoms with Crippen LogP contribution in [-0.4, -0.2) is 48.3 Å². The number of fused-ring (bicyclic) bond motifs is 4. The van der Waals surface area contributed by atoms with Crippen LogP contribution < -0.4 is 9.80 Å². The number of hydrogen-bond donors (Lipinski definition) is 0. The van der Waals surface area contributed by atoms with Crippen molar-refractivity contribution in [3.63, 3.8) is 0 Å². The summed E-state index contributed by atoms with van der Waals surface area (Å²) in [5, 5.41) is 12.0. The molecule has 1 aromatic rings. The van der Waals surface area contributed by atoms with Crippen LogP contribution in [0.2, 0.25) is 0 Å². The average molecular weight is 444 g/mol. The second kappa shape index (κ2) is 7.35. The van der Waals surface area contributed by atoms with Crippen LogP contribution in [0.25, 0.3) is 0 Å². The normalized spacial score (nSPS) is 26.1. The molecule has 0 aromatic heterocycles. The second-order valence-corrected chi connectivity index (χ2v) is 9.77. The fourth-order valence-electron chi connectivity index (χ4n) is 5.95. The molecule has 1 aromatic carbocycles. The van der Waals surface area contributed by atoms with Crippen molar-refractivity contribution in [2.75, 3.05) is 29.4 Å². The zero-order chi connectivity index (χ0) is 22.7. The topological polar surface area (TPSA) is 102 Å². The number of nitrogens with zero attached hydrogens (tertiary/aromatic N) is 3. The maximum Gasteiger partial charge on any atom is 0.329 e. The highest BCUT2D eigenvalue weighted by Gasteiger charge is 2.64. The van der Waals surface area contributed by atoms with E-state index in [4.69, 9.17) is 9.47 Å². The number of anilines is 2. The minimum Gasteiger partial charge on any atom is -0.422 e. The van der Waals surface area contributed by atoms with Gasteiger partial charge in [-0.3, -0.25) is 19.7 Å². The van der Waals surface area contributed by atoms with Crippen molar-refractivity contribution in [2.24, 2.45) is 5.41 Å². The minimum absolute atomic E-state index is 0.0223. The van der Waals surface area contributed by atoms with Crippen LogP contribution in [0, 0.1) is 15.5 Å². The molecule has 5 rings (SSSR count). The molecule has 3 fully saturated rings. The Morgan fingerprint density at radius 1 is 1.00 bits per heavy atom. The number of benzene rings is 1. The van der Waals surface area contributed by atoms with Gasteiger partial charge in [0.1, 0.15) is 5.69 Å². The number of nitro benzene ring substituents is 1. The molecular formula is C23H29N3O6. The molecule has 0 amide bonds. The molecule has 9 nitrogen and oxygen atoms in total. The van der Waals surface area contributed by atoms with Gasteiger partial charge in [-0.25, -0.2) is 0 Å². The Bertz CT molecular complexity index is 964. The molecule has 0 N–H and O–H groups in total. The van der Waals surface area contributed by atoms with E-state index in [0.717, 1.165) is 50.9 Å². The third-order valence-corrected chi connectivity index (χ3v) is 7.35. The summed E-state index contributed by atoms with van der Waals surface area (Å²) in [4.78, 5) is 42.7. The number of carbonyl (C=O) groups is 2. The Kier molecular flexibility index (Phi) is 4.83. The van der Waals surface area contributed by atoms with Gasteiger partial charge in [0.2, 0.25) is 0 Å². The van der Waals surface area contributed by atoms with Crippen molar-refractivity contribution in [1.29, 1.82) is 0 Å². The maximum absolute atomic E-state index is 13.5. The lowest BCUT2D eigenvalue weighted by Crippen LogP contribution is -2.67. The highest BCUT2D eigenvalue weighted by Crippen LogP contribution is 2.53. The molecule has 1 spiro atoms. The van der Waals surface area contributed by atoms with Crippen molar-refractivity contribution in [3.8, 4) is 0 Å². The zero-order valence-electron chi connectivity index (χ0n) is 18.6. The van der Waals surface area contributed by atoms with Crippen molar-refractivity contribution < 1.29 is 24.0 Å². The average Bonchev–Trinajstić information content (AvgIpc) is 2.76. The highest BCUT2D eigenvalue weighted by molar-refractivity contribution is 6.05. The largest absolute Gasteiger partial charge is 0.422 e. The van der Waals surface area contributed by atoms with Crippen LogP contribution in [0.15, 0.2) is 12.1 Å². The molecule has 3 saturated heterocycles.